The summed E-state index contributed by atoms with van der Waals surface area (Å²) in [6.07, 6.45) is 0. The van der Waals surface area contributed by atoms with Gasteiger partial charge in [0.1, 0.15) is 17.2 Å². The first-order valence-electron chi connectivity index (χ1n) is 10.1. The molecule has 162 valence electrons. The van der Waals surface area contributed by atoms with E-state index in [0.29, 0.717) is 40.1 Å². The molecule has 1 heterocycles. The van der Waals surface area contributed by atoms with Crippen molar-refractivity contribution >= 4 is 40.4 Å². The van der Waals surface area contributed by atoms with Crippen molar-refractivity contribution in [3.63, 3.8) is 0 Å². The summed E-state index contributed by atoms with van der Waals surface area (Å²) in [6, 6.07) is 20.9. The molecule has 0 saturated carbocycles. The van der Waals surface area contributed by atoms with Gasteiger partial charge in [-0.3, -0.25) is 9.59 Å². The number of halogens is 1. The first-order valence-corrected chi connectivity index (χ1v) is 10.4. The zero-order chi connectivity index (χ0) is 22.7. The van der Waals surface area contributed by atoms with Gasteiger partial charge in [0.25, 0.3) is 11.8 Å². The van der Waals surface area contributed by atoms with E-state index in [1.54, 1.807) is 79.9 Å². The van der Waals surface area contributed by atoms with Crippen LogP contribution in [0, 0.1) is 0 Å². The average molecular weight is 449 g/mol. The largest absolute Gasteiger partial charge is 0.497 e. The fourth-order valence-corrected chi connectivity index (χ4v) is 3.61. The summed E-state index contributed by atoms with van der Waals surface area (Å²) in [5.41, 5.74) is 2.05. The second-order valence-electron chi connectivity index (χ2n) is 6.96. The molecule has 2 amide bonds. The lowest BCUT2D eigenvalue weighted by atomic mass is 10.0. The van der Waals surface area contributed by atoms with Gasteiger partial charge in [-0.05, 0) is 61.0 Å². The van der Waals surface area contributed by atoms with Crippen molar-refractivity contribution in [1.82, 2.24) is 0 Å². The van der Waals surface area contributed by atoms with Crippen LogP contribution < -0.4 is 19.7 Å². The highest BCUT2D eigenvalue weighted by Crippen LogP contribution is 2.38. The lowest BCUT2D eigenvalue weighted by molar-refractivity contribution is -0.120. The van der Waals surface area contributed by atoms with Crippen LogP contribution in [-0.4, -0.2) is 25.5 Å². The number of imide groups is 1. The Labute approximate surface area is 191 Å². The standard InChI is InChI=1S/C25H21ClN2O4/c1-3-32-21-7-5-4-6-20(21)28-24(29)22(16-8-10-17(26)11-9-16)23(25(28)30)27-18-12-14-19(31-2)15-13-18/h4-15,27H,3H2,1-2H3. The van der Waals surface area contributed by atoms with Crippen molar-refractivity contribution in [1.29, 1.82) is 0 Å². The molecule has 7 heteroatoms. The molecule has 1 N–H and O–H groups in total. The van der Waals surface area contributed by atoms with Crippen LogP contribution in [0.5, 0.6) is 11.5 Å². The third-order valence-electron chi connectivity index (χ3n) is 4.98. The average Bonchev–Trinajstić information content (AvgIpc) is 3.05. The van der Waals surface area contributed by atoms with Crippen LogP contribution >= 0.6 is 11.6 Å². The van der Waals surface area contributed by atoms with E-state index in [1.165, 1.54) is 0 Å². The van der Waals surface area contributed by atoms with E-state index in [1.807, 2.05) is 6.92 Å². The van der Waals surface area contributed by atoms with Gasteiger partial charge in [-0.15, -0.1) is 0 Å². The van der Waals surface area contributed by atoms with Gasteiger partial charge in [0.2, 0.25) is 0 Å². The predicted molar refractivity (Wildman–Crippen MR) is 125 cm³/mol. The Kier molecular flexibility index (Phi) is 6.14. The molecule has 6 nitrogen and oxygen atoms in total. The van der Waals surface area contributed by atoms with Gasteiger partial charge in [0.15, 0.2) is 0 Å². The Morgan fingerprint density at radius 2 is 1.59 bits per heavy atom. The maximum atomic E-state index is 13.6. The summed E-state index contributed by atoms with van der Waals surface area (Å²) in [7, 11) is 1.58. The number of hydrogen-bond acceptors (Lipinski definition) is 5. The second-order valence-corrected chi connectivity index (χ2v) is 7.39. The van der Waals surface area contributed by atoms with E-state index in [9.17, 15) is 9.59 Å². The summed E-state index contributed by atoms with van der Waals surface area (Å²) in [4.78, 5) is 28.2. The van der Waals surface area contributed by atoms with Crippen molar-refractivity contribution in [2.45, 2.75) is 6.92 Å². The molecule has 0 spiro atoms. The van der Waals surface area contributed by atoms with Crippen molar-refractivity contribution in [3.8, 4) is 11.5 Å². The molecular weight excluding hydrogens is 428 g/mol. The van der Waals surface area contributed by atoms with Gasteiger partial charge < -0.3 is 14.8 Å². The number of rotatable bonds is 7. The molecule has 1 aliphatic heterocycles. The SMILES string of the molecule is CCOc1ccccc1N1C(=O)C(Nc2ccc(OC)cc2)=C(c2ccc(Cl)cc2)C1=O. The number of hydrogen-bond donors (Lipinski definition) is 1. The fraction of sp³-hybridized carbons (Fsp3) is 0.120. The molecule has 0 aliphatic carbocycles. The minimum absolute atomic E-state index is 0.175. The normalized spacial score (nSPS) is 13.5. The number of benzene rings is 3. The summed E-state index contributed by atoms with van der Waals surface area (Å²) in [5, 5.41) is 3.66. The van der Waals surface area contributed by atoms with Crippen LogP contribution in [0.4, 0.5) is 11.4 Å². The van der Waals surface area contributed by atoms with E-state index in [4.69, 9.17) is 21.1 Å². The Hall–Kier alpha value is -3.77. The van der Waals surface area contributed by atoms with Crippen LogP contribution in [0.15, 0.2) is 78.5 Å². The quantitative estimate of drug-likeness (QED) is 0.506. The number of ether oxygens (including phenoxy) is 2. The smallest absolute Gasteiger partial charge is 0.282 e. The van der Waals surface area contributed by atoms with Gasteiger partial charge >= 0.3 is 0 Å². The monoisotopic (exact) mass is 448 g/mol. The van der Waals surface area contributed by atoms with Gasteiger partial charge in [-0.1, -0.05) is 35.9 Å². The second kappa shape index (κ2) is 9.16. The number of para-hydroxylation sites is 2. The van der Waals surface area contributed by atoms with Crippen LogP contribution in [0.2, 0.25) is 5.02 Å². The Morgan fingerprint density at radius 1 is 0.906 bits per heavy atom. The molecule has 0 atom stereocenters. The molecule has 0 radical (unpaired) electrons. The summed E-state index contributed by atoms with van der Waals surface area (Å²) < 4.78 is 10.9. The number of carbonyl (C=O) groups excluding carboxylic acids is 2. The van der Waals surface area contributed by atoms with Crippen molar-refractivity contribution in [3.05, 3.63) is 89.1 Å². The number of amides is 2. The van der Waals surface area contributed by atoms with E-state index in [0.717, 1.165) is 4.90 Å². The van der Waals surface area contributed by atoms with E-state index in [2.05, 4.69) is 5.32 Å². The number of methoxy groups -OCH3 is 1. The minimum Gasteiger partial charge on any atom is -0.497 e. The molecular formula is C25H21ClN2O4. The number of anilines is 2. The van der Waals surface area contributed by atoms with Crippen LogP contribution in [0.25, 0.3) is 5.57 Å². The third-order valence-corrected chi connectivity index (χ3v) is 5.23. The van der Waals surface area contributed by atoms with Gasteiger partial charge in [0.05, 0.1) is 25.0 Å². The molecule has 1 aliphatic rings. The molecule has 3 aromatic rings. The topological polar surface area (TPSA) is 67.9 Å². The van der Waals surface area contributed by atoms with Crippen molar-refractivity contribution < 1.29 is 19.1 Å². The van der Waals surface area contributed by atoms with Crippen LogP contribution in [0.3, 0.4) is 0 Å². The fourth-order valence-electron chi connectivity index (χ4n) is 3.49. The van der Waals surface area contributed by atoms with E-state index in [-0.39, 0.29) is 11.3 Å². The molecule has 0 unspecified atom stereocenters. The van der Waals surface area contributed by atoms with Crippen molar-refractivity contribution in [2.24, 2.45) is 0 Å². The van der Waals surface area contributed by atoms with Crippen LogP contribution in [-0.2, 0) is 9.59 Å². The number of carbonyl (C=O) groups is 2. The Morgan fingerprint density at radius 3 is 2.25 bits per heavy atom. The highest BCUT2D eigenvalue weighted by atomic mass is 35.5. The summed E-state index contributed by atoms with van der Waals surface area (Å²) in [6.45, 7) is 2.25. The van der Waals surface area contributed by atoms with Gasteiger partial charge in [-0.2, -0.15) is 0 Å². The molecule has 32 heavy (non-hydrogen) atoms. The summed E-state index contributed by atoms with van der Waals surface area (Å²) in [5.74, 6) is 0.227. The lowest BCUT2D eigenvalue weighted by Gasteiger charge is -2.19. The third kappa shape index (κ3) is 4.05. The molecule has 0 bridgehead atoms. The number of nitrogens with one attached hydrogen (secondary N) is 1. The Balaban J connectivity index is 1.80. The zero-order valence-corrected chi connectivity index (χ0v) is 18.3. The first-order chi connectivity index (χ1) is 15.5. The first kappa shape index (κ1) is 21.5. The lowest BCUT2D eigenvalue weighted by Crippen LogP contribution is -2.32. The highest BCUT2D eigenvalue weighted by Gasteiger charge is 2.41. The molecule has 0 saturated heterocycles. The highest BCUT2D eigenvalue weighted by molar-refractivity contribution is 6.46. The molecule has 4 rings (SSSR count). The molecule has 0 fully saturated rings. The summed E-state index contributed by atoms with van der Waals surface area (Å²) >= 11 is 6.04. The van der Waals surface area contributed by atoms with E-state index >= 15 is 0 Å². The van der Waals surface area contributed by atoms with Gasteiger partial charge in [0, 0.05) is 10.7 Å². The Bertz CT molecular complexity index is 1190. The van der Waals surface area contributed by atoms with E-state index < -0.39 is 11.8 Å². The van der Waals surface area contributed by atoms with Crippen LogP contribution in [0.1, 0.15) is 12.5 Å². The van der Waals surface area contributed by atoms with Gasteiger partial charge in [-0.25, -0.2) is 4.90 Å². The maximum absolute atomic E-state index is 13.6. The number of nitrogens with zero attached hydrogens (tertiary/aromatic N) is 1. The molecule has 0 aromatic heterocycles. The van der Waals surface area contributed by atoms with Crippen molar-refractivity contribution in [2.75, 3.05) is 23.9 Å². The predicted octanol–water partition coefficient (Wildman–Crippen LogP) is 5.14. The zero-order valence-electron chi connectivity index (χ0n) is 17.6. The maximum Gasteiger partial charge on any atom is 0.282 e. The minimum atomic E-state index is -0.470. The molecule has 3 aromatic carbocycles.